The van der Waals surface area contributed by atoms with Crippen molar-refractivity contribution >= 4 is 36.4 Å². The van der Waals surface area contributed by atoms with Crippen molar-refractivity contribution in [3.8, 4) is 0 Å². The second-order valence-corrected chi connectivity index (χ2v) is 10.1. The Labute approximate surface area is 147 Å². The van der Waals surface area contributed by atoms with E-state index in [-0.39, 0.29) is 10.6 Å². The third-order valence-electron chi connectivity index (χ3n) is 4.81. The zero-order chi connectivity index (χ0) is 18.0. The molecule has 0 saturated carbocycles. The summed E-state index contributed by atoms with van der Waals surface area (Å²) in [7, 11) is -6.90. The van der Waals surface area contributed by atoms with Crippen molar-refractivity contribution < 1.29 is 16.8 Å². The van der Waals surface area contributed by atoms with Crippen molar-refractivity contribution in [2.24, 2.45) is 0 Å². The molecule has 2 aliphatic rings. The highest BCUT2D eigenvalue weighted by Gasteiger charge is 2.30. The van der Waals surface area contributed by atoms with Gasteiger partial charge in [-0.05, 0) is 59.4 Å². The molecule has 0 aliphatic carbocycles. The molecule has 0 atom stereocenters. The summed E-state index contributed by atoms with van der Waals surface area (Å²) in [6.07, 6.45) is 0. The molecule has 0 fully saturated rings. The molecule has 4 nitrogen and oxygen atoms in total. The van der Waals surface area contributed by atoms with Gasteiger partial charge in [-0.3, -0.25) is 0 Å². The van der Waals surface area contributed by atoms with Gasteiger partial charge in [-0.2, -0.15) is 0 Å². The summed E-state index contributed by atoms with van der Waals surface area (Å²) in [4.78, 5) is 0.585. The van der Waals surface area contributed by atoms with Gasteiger partial charge in [-0.1, -0.05) is 30.3 Å². The average Bonchev–Trinajstić information content (AvgIpc) is 2.80. The molecule has 0 aromatic heterocycles. The van der Waals surface area contributed by atoms with Crippen molar-refractivity contribution in [1.29, 1.82) is 0 Å². The van der Waals surface area contributed by atoms with Crippen LogP contribution in [0.15, 0.2) is 57.7 Å². The maximum absolute atomic E-state index is 12.7. The molecule has 0 unspecified atom stereocenters. The monoisotopic (exact) mass is 372 g/mol. The van der Waals surface area contributed by atoms with Crippen LogP contribution in [0.2, 0.25) is 0 Å². The van der Waals surface area contributed by atoms with Crippen molar-refractivity contribution in [3.05, 3.63) is 64.6 Å². The fraction of sp³-hybridized carbons (Fsp3) is 0.158. The third-order valence-corrected chi connectivity index (χ3v) is 8.12. The number of hydrogen-bond acceptors (Lipinski definition) is 4. The number of rotatable bonds is 1. The topological polar surface area (TPSA) is 68.3 Å². The fourth-order valence-corrected chi connectivity index (χ4v) is 6.82. The molecule has 2 heterocycles. The molecule has 128 valence electrons. The summed E-state index contributed by atoms with van der Waals surface area (Å²) in [5.74, 6) is -0.124. The molecule has 2 aromatic carbocycles. The normalized spacial score (nSPS) is 20.0. The zero-order valence-electron chi connectivity index (χ0n) is 13.8. The predicted molar refractivity (Wildman–Crippen MR) is 98.3 cm³/mol. The summed E-state index contributed by atoms with van der Waals surface area (Å²) in [6.45, 7) is 3.64. The highest BCUT2D eigenvalue weighted by Crippen LogP contribution is 2.40. The Kier molecular flexibility index (Phi) is 3.36. The smallest absolute Gasteiger partial charge is 0.200 e. The van der Waals surface area contributed by atoms with E-state index in [4.69, 9.17) is 0 Å². The molecule has 0 amide bonds. The van der Waals surface area contributed by atoms with Crippen molar-refractivity contribution in [2.45, 2.75) is 23.6 Å². The van der Waals surface area contributed by atoms with Gasteiger partial charge in [0, 0.05) is 5.41 Å². The maximum atomic E-state index is 12.7. The van der Waals surface area contributed by atoms with Gasteiger partial charge >= 0.3 is 0 Å². The molecule has 2 aromatic rings. The molecular formula is C19H16O4S2. The zero-order valence-corrected chi connectivity index (χ0v) is 15.4. The highest BCUT2D eigenvalue weighted by molar-refractivity contribution is 7.95. The summed E-state index contributed by atoms with van der Waals surface area (Å²) in [6, 6.07) is 12.1. The van der Waals surface area contributed by atoms with Crippen molar-refractivity contribution in [3.63, 3.8) is 0 Å². The molecule has 0 saturated heterocycles. The van der Waals surface area contributed by atoms with Crippen LogP contribution in [-0.2, 0) is 19.7 Å². The van der Waals surface area contributed by atoms with Gasteiger partial charge < -0.3 is 0 Å². The van der Waals surface area contributed by atoms with Crippen LogP contribution in [0.5, 0.6) is 0 Å². The van der Waals surface area contributed by atoms with Crippen LogP contribution >= 0.6 is 0 Å². The minimum absolute atomic E-state index is 0.124. The first-order chi connectivity index (χ1) is 11.7. The van der Waals surface area contributed by atoms with E-state index in [0.29, 0.717) is 32.7 Å². The standard InChI is InChI=1S/C19H16O4S2/c1-12-10-24(20,21)19-9-14(7-8-15(12)19)17-11-25(22,23)18-6-4-3-5-16(18)13(17)2/h3-10H,11H2,1-2H3. The predicted octanol–water partition coefficient (Wildman–Crippen LogP) is 3.55. The molecule has 4 rings (SSSR count). The molecule has 25 heavy (non-hydrogen) atoms. The minimum atomic E-state index is -3.46. The van der Waals surface area contributed by atoms with Crippen LogP contribution in [0.25, 0.3) is 16.7 Å². The van der Waals surface area contributed by atoms with Gasteiger partial charge in [0.05, 0.1) is 15.5 Å². The van der Waals surface area contributed by atoms with Crippen LogP contribution < -0.4 is 0 Å². The van der Waals surface area contributed by atoms with E-state index in [1.807, 2.05) is 6.92 Å². The van der Waals surface area contributed by atoms with Gasteiger partial charge in [-0.15, -0.1) is 0 Å². The van der Waals surface area contributed by atoms with E-state index < -0.39 is 19.7 Å². The number of sulfone groups is 2. The van der Waals surface area contributed by atoms with Crippen molar-refractivity contribution in [1.82, 2.24) is 0 Å². The number of hydrogen-bond donors (Lipinski definition) is 0. The Morgan fingerprint density at radius 2 is 1.56 bits per heavy atom. The fourth-order valence-electron chi connectivity index (χ4n) is 3.52. The Bertz CT molecular complexity index is 1200. The average molecular weight is 372 g/mol. The first-order valence-electron chi connectivity index (χ1n) is 7.81. The lowest BCUT2D eigenvalue weighted by Crippen LogP contribution is -2.16. The first kappa shape index (κ1) is 16.3. The Hall–Kier alpha value is -2.18. The summed E-state index contributed by atoms with van der Waals surface area (Å²) < 4.78 is 49.9. The minimum Gasteiger partial charge on any atom is -0.223 e. The van der Waals surface area contributed by atoms with Gasteiger partial charge in [0.15, 0.2) is 9.84 Å². The number of benzene rings is 2. The van der Waals surface area contributed by atoms with Crippen LogP contribution in [-0.4, -0.2) is 22.6 Å². The lowest BCUT2D eigenvalue weighted by atomic mass is 9.95. The van der Waals surface area contributed by atoms with E-state index >= 15 is 0 Å². The lowest BCUT2D eigenvalue weighted by Gasteiger charge is -2.22. The van der Waals surface area contributed by atoms with E-state index in [1.54, 1.807) is 49.4 Å². The Balaban J connectivity index is 1.96. The quantitative estimate of drug-likeness (QED) is 0.768. The Morgan fingerprint density at radius 1 is 0.840 bits per heavy atom. The second kappa shape index (κ2) is 5.16. The molecule has 2 aliphatic heterocycles. The van der Waals surface area contributed by atoms with Crippen molar-refractivity contribution in [2.75, 3.05) is 5.75 Å². The number of allylic oxidation sites excluding steroid dienone is 2. The van der Waals surface area contributed by atoms with Gasteiger partial charge in [0.2, 0.25) is 9.84 Å². The summed E-state index contributed by atoms with van der Waals surface area (Å²) in [5.41, 5.74) is 4.23. The van der Waals surface area contributed by atoms with E-state index in [1.165, 1.54) is 5.41 Å². The summed E-state index contributed by atoms with van der Waals surface area (Å²) >= 11 is 0. The second-order valence-electron chi connectivity index (χ2n) is 6.42. The molecule has 6 heteroatoms. The van der Waals surface area contributed by atoms with Gasteiger partial charge in [-0.25, -0.2) is 16.8 Å². The molecular weight excluding hydrogens is 356 g/mol. The molecule has 0 spiro atoms. The van der Waals surface area contributed by atoms with Crippen LogP contribution in [0.4, 0.5) is 0 Å². The van der Waals surface area contributed by atoms with E-state index in [2.05, 4.69) is 0 Å². The Morgan fingerprint density at radius 3 is 2.32 bits per heavy atom. The first-order valence-corrected chi connectivity index (χ1v) is 11.0. The number of fused-ring (bicyclic) bond motifs is 2. The lowest BCUT2D eigenvalue weighted by molar-refractivity contribution is 0.598. The van der Waals surface area contributed by atoms with E-state index in [9.17, 15) is 16.8 Å². The van der Waals surface area contributed by atoms with Gasteiger partial charge in [0.25, 0.3) is 0 Å². The van der Waals surface area contributed by atoms with E-state index in [0.717, 1.165) is 5.57 Å². The largest absolute Gasteiger partial charge is 0.223 e. The SMILES string of the molecule is CC1=CS(=O)(=O)c2cc(C3=C(C)c4ccccc4S(=O)(=O)C3)ccc21. The molecule has 0 N–H and O–H groups in total. The molecule has 0 radical (unpaired) electrons. The van der Waals surface area contributed by atoms with Gasteiger partial charge in [0.1, 0.15) is 0 Å². The maximum Gasteiger partial charge on any atom is 0.200 e. The van der Waals surface area contributed by atoms with Crippen LogP contribution in [0.3, 0.4) is 0 Å². The third kappa shape index (κ3) is 2.40. The highest BCUT2D eigenvalue weighted by atomic mass is 32.2. The molecule has 0 bridgehead atoms. The van der Waals surface area contributed by atoms with Crippen LogP contribution in [0.1, 0.15) is 30.5 Å². The van der Waals surface area contributed by atoms with Crippen LogP contribution in [0, 0.1) is 0 Å². The summed E-state index contributed by atoms with van der Waals surface area (Å²) in [5, 5.41) is 1.26.